The van der Waals surface area contributed by atoms with Crippen LogP contribution in [-0.2, 0) is 17.8 Å². The number of nitrogens with one attached hydrogen (secondary N) is 3. The van der Waals surface area contributed by atoms with Crippen LogP contribution in [-0.4, -0.2) is 29.6 Å². The van der Waals surface area contributed by atoms with Crippen molar-refractivity contribution in [3.8, 4) is 22.6 Å². The van der Waals surface area contributed by atoms with Crippen LogP contribution < -0.4 is 20.7 Å². The molecule has 1 amide bonds. The lowest BCUT2D eigenvalue weighted by molar-refractivity contribution is -0.385. The van der Waals surface area contributed by atoms with Gasteiger partial charge in [0.2, 0.25) is 5.91 Å². The molecule has 1 heterocycles. The molecule has 1 fully saturated rings. The Morgan fingerprint density at radius 1 is 1.11 bits per heavy atom. The Kier molecular flexibility index (Phi) is 5.90. The van der Waals surface area contributed by atoms with Crippen LogP contribution in [0.5, 0.6) is 11.5 Å². The molecule has 1 aliphatic heterocycles. The highest BCUT2D eigenvalue weighted by Crippen LogP contribution is 2.41. The van der Waals surface area contributed by atoms with Crippen molar-refractivity contribution in [3.05, 3.63) is 69.8 Å². The number of rotatable bonds is 7. The number of hydrogen-bond donors (Lipinski definition) is 4. The third-order valence-electron chi connectivity index (χ3n) is 6.39. The molecule has 0 unspecified atom stereocenters. The molecule has 0 spiro atoms. The van der Waals surface area contributed by atoms with E-state index in [1.165, 1.54) is 26.0 Å². The molecule has 0 aromatic heterocycles. The summed E-state index contributed by atoms with van der Waals surface area (Å²) < 4.78 is 5.19. The first-order valence-electron chi connectivity index (χ1n) is 11.5. The van der Waals surface area contributed by atoms with Gasteiger partial charge in [-0.15, -0.1) is 0 Å². The summed E-state index contributed by atoms with van der Waals surface area (Å²) in [6, 6.07) is 13.9. The number of nitro groups is 1. The van der Waals surface area contributed by atoms with Gasteiger partial charge in [0.1, 0.15) is 5.75 Å². The van der Waals surface area contributed by atoms with E-state index < -0.39 is 4.92 Å². The van der Waals surface area contributed by atoms with Crippen molar-refractivity contribution < 1.29 is 19.6 Å². The number of nitro benzene ring substituents is 1. The Bertz CT molecular complexity index is 1320. The van der Waals surface area contributed by atoms with E-state index >= 15 is 0 Å². The number of phenolic OH excluding ortho intramolecular Hbond substituents is 1. The van der Waals surface area contributed by atoms with E-state index in [-0.39, 0.29) is 23.1 Å². The molecule has 3 aromatic rings. The smallest absolute Gasteiger partial charge is 0.310 e. The van der Waals surface area contributed by atoms with Crippen LogP contribution in [0.1, 0.15) is 24.0 Å². The fourth-order valence-electron chi connectivity index (χ4n) is 4.24. The Labute approximate surface area is 202 Å². The standard InChI is InChI=1S/C26H26N4O5/c1-35-25-12-17(5-7-23(25)30(33)34)18-10-21-19(24(31)11-18)14-27-20-6-4-16(8-22(20)29-21)9-26(32)28-13-15-2-3-15/h4-8,10-12,15,27,29,31H,2-3,9,13-14H2,1H3,(H,28,32). The highest BCUT2D eigenvalue weighted by Gasteiger charge is 2.22. The highest BCUT2D eigenvalue weighted by atomic mass is 16.6. The molecule has 1 aliphatic carbocycles. The molecule has 9 nitrogen and oxygen atoms in total. The van der Waals surface area contributed by atoms with Gasteiger partial charge in [0.05, 0.1) is 29.8 Å². The quantitative estimate of drug-likeness (QED) is 0.288. The van der Waals surface area contributed by atoms with Crippen LogP contribution in [0.2, 0.25) is 0 Å². The zero-order valence-corrected chi connectivity index (χ0v) is 19.3. The predicted octanol–water partition coefficient (Wildman–Crippen LogP) is 4.71. The van der Waals surface area contributed by atoms with Crippen molar-refractivity contribution in [3.63, 3.8) is 0 Å². The van der Waals surface area contributed by atoms with E-state index in [1.54, 1.807) is 18.2 Å². The van der Waals surface area contributed by atoms with Crippen LogP contribution in [0.25, 0.3) is 11.1 Å². The summed E-state index contributed by atoms with van der Waals surface area (Å²) in [5, 5.41) is 31.7. The third-order valence-corrected chi connectivity index (χ3v) is 6.39. The summed E-state index contributed by atoms with van der Waals surface area (Å²) in [4.78, 5) is 23.1. The summed E-state index contributed by atoms with van der Waals surface area (Å²) in [5.41, 5.74) is 5.18. The number of amides is 1. The third kappa shape index (κ3) is 4.84. The van der Waals surface area contributed by atoms with Crippen molar-refractivity contribution in [1.29, 1.82) is 0 Å². The van der Waals surface area contributed by atoms with Gasteiger partial charge in [0.25, 0.3) is 0 Å². The molecule has 9 heteroatoms. The largest absolute Gasteiger partial charge is 0.507 e. The number of benzene rings is 3. The van der Waals surface area contributed by atoms with Crippen molar-refractivity contribution in [2.45, 2.75) is 25.8 Å². The number of aromatic hydroxyl groups is 1. The van der Waals surface area contributed by atoms with Gasteiger partial charge in [-0.1, -0.05) is 6.07 Å². The normalized spacial score (nSPS) is 14.0. The molecule has 0 saturated heterocycles. The van der Waals surface area contributed by atoms with Gasteiger partial charge in [-0.25, -0.2) is 0 Å². The minimum absolute atomic E-state index is 0.00544. The van der Waals surface area contributed by atoms with E-state index in [0.717, 1.165) is 23.5 Å². The molecule has 35 heavy (non-hydrogen) atoms. The molecule has 4 N–H and O–H groups in total. The minimum atomic E-state index is -0.495. The van der Waals surface area contributed by atoms with Gasteiger partial charge in [-0.05, 0) is 71.8 Å². The van der Waals surface area contributed by atoms with Crippen LogP contribution >= 0.6 is 0 Å². The lowest BCUT2D eigenvalue weighted by Crippen LogP contribution is -2.27. The van der Waals surface area contributed by atoms with Gasteiger partial charge in [0, 0.05) is 30.4 Å². The van der Waals surface area contributed by atoms with Gasteiger partial charge < -0.3 is 25.8 Å². The number of ether oxygens (including phenoxy) is 1. The van der Waals surface area contributed by atoms with E-state index in [0.29, 0.717) is 41.3 Å². The Morgan fingerprint density at radius 2 is 1.94 bits per heavy atom. The molecule has 0 atom stereocenters. The number of carbonyl (C=O) groups is 1. The number of methoxy groups -OCH3 is 1. The Balaban J connectivity index is 1.42. The maximum absolute atomic E-state index is 12.3. The summed E-state index contributed by atoms with van der Waals surface area (Å²) in [6.07, 6.45) is 2.67. The fourth-order valence-corrected chi connectivity index (χ4v) is 4.24. The van der Waals surface area contributed by atoms with Crippen LogP contribution in [0.4, 0.5) is 22.7 Å². The highest BCUT2D eigenvalue weighted by molar-refractivity contribution is 5.85. The maximum Gasteiger partial charge on any atom is 0.310 e. The zero-order valence-electron chi connectivity index (χ0n) is 19.3. The second-order valence-electron chi connectivity index (χ2n) is 8.95. The van der Waals surface area contributed by atoms with Gasteiger partial charge in [-0.2, -0.15) is 0 Å². The number of nitrogens with zero attached hydrogens (tertiary/aromatic N) is 1. The Morgan fingerprint density at radius 3 is 2.69 bits per heavy atom. The number of phenols is 1. The van der Waals surface area contributed by atoms with Crippen LogP contribution in [0.3, 0.4) is 0 Å². The first-order chi connectivity index (χ1) is 16.9. The van der Waals surface area contributed by atoms with Gasteiger partial charge in [-0.3, -0.25) is 14.9 Å². The number of fused-ring (bicyclic) bond motifs is 2. The van der Waals surface area contributed by atoms with Gasteiger partial charge >= 0.3 is 5.69 Å². The van der Waals surface area contributed by atoms with Gasteiger partial charge in [0.15, 0.2) is 5.75 Å². The lowest BCUT2D eigenvalue weighted by Gasteiger charge is -2.14. The van der Waals surface area contributed by atoms with Crippen molar-refractivity contribution in [1.82, 2.24) is 5.32 Å². The lowest BCUT2D eigenvalue weighted by atomic mass is 10.0. The topological polar surface area (TPSA) is 126 Å². The van der Waals surface area contributed by atoms with Crippen LogP contribution in [0.15, 0.2) is 48.5 Å². The first-order valence-corrected chi connectivity index (χ1v) is 11.5. The summed E-state index contributed by atoms with van der Waals surface area (Å²) in [7, 11) is 1.38. The summed E-state index contributed by atoms with van der Waals surface area (Å²) in [6.45, 7) is 1.15. The molecular formula is C26H26N4O5. The number of carbonyl (C=O) groups excluding carboxylic acids is 1. The predicted molar refractivity (Wildman–Crippen MR) is 133 cm³/mol. The molecular weight excluding hydrogens is 448 g/mol. The van der Waals surface area contributed by atoms with E-state index in [2.05, 4.69) is 16.0 Å². The second kappa shape index (κ2) is 9.17. The summed E-state index contributed by atoms with van der Waals surface area (Å²) >= 11 is 0. The average molecular weight is 475 g/mol. The van der Waals surface area contributed by atoms with E-state index in [9.17, 15) is 20.0 Å². The molecule has 2 aliphatic rings. The molecule has 0 radical (unpaired) electrons. The first kappa shape index (κ1) is 22.5. The monoisotopic (exact) mass is 474 g/mol. The number of hydrogen-bond acceptors (Lipinski definition) is 7. The van der Waals surface area contributed by atoms with E-state index in [4.69, 9.17) is 4.74 Å². The number of anilines is 3. The van der Waals surface area contributed by atoms with Crippen molar-refractivity contribution >= 4 is 28.7 Å². The molecule has 3 aromatic carbocycles. The fraction of sp³-hybridized carbons (Fsp3) is 0.269. The average Bonchev–Trinajstić information content (AvgIpc) is 3.68. The van der Waals surface area contributed by atoms with Crippen molar-refractivity contribution in [2.75, 3.05) is 24.3 Å². The maximum atomic E-state index is 12.3. The molecule has 5 rings (SSSR count). The second-order valence-corrected chi connectivity index (χ2v) is 8.95. The van der Waals surface area contributed by atoms with Crippen molar-refractivity contribution in [2.24, 2.45) is 5.92 Å². The van der Waals surface area contributed by atoms with E-state index in [1.807, 2.05) is 24.3 Å². The SMILES string of the molecule is COc1cc(-c2cc(O)c3c(c2)Nc2cc(CC(=O)NCC4CC4)ccc2NC3)ccc1[N+](=O)[O-]. The molecule has 0 bridgehead atoms. The zero-order chi connectivity index (χ0) is 24.5. The Hall–Kier alpha value is -4.27. The summed E-state index contributed by atoms with van der Waals surface area (Å²) in [5.74, 6) is 0.880. The minimum Gasteiger partial charge on any atom is -0.507 e. The van der Waals surface area contributed by atoms with Crippen LogP contribution in [0, 0.1) is 16.0 Å². The molecule has 180 valence electrons. The molecule has 1 saturated carbocycles.